The number of nitrogens with one attached hydrogen (secondary N) is 2. The number of aromatic nitrogens is 2. The lowest BCUT2D eigenvalue weighted by atomic mass is 9.94. The summed E-state index contributed by atoms with van der Waals surface area (Å²) in [4.78, 5) is 27.2. The zero-order chi connectivity index (χ0) is 12.4. The van der Waals surface area contributed by atoms with Crippen LogP contribution in [0.1, 0.15) is 18.4 Å². The first-order valence-corrected chi connectivity index (χ1v) is 5.19. The van der Waals surface area contributed by atoms with Gasteiger partial charge < -0.3 is 15.1 Å². The Morgan fingerprint density at radius 1 is 1.35 bits per heavy atom. The number of imidazole rings is 1. The van der Waals surface area contributed by atoms with E-state index in [0.29, 0.717) is 11.3 Å². The fourth-order valence-corrected chi connectivity index (χ4v) is 1.73. The molecule has 0 saturated carbocycles. The Balaban J connectivity index is 2.55. The maximum atomic E-state index is 11.1. The molecule has 2 aromatic rings. The number of hydrogen-bond donors (Lipinski definition) is 3. The molecule has 0 radical (unpaired) electrons. The van der Waals surface area contributed by atoms with Gasteiger partial charge in [-0.2, -0.15) is 0 Å². The number of hydrogen-bond acceptors (Lipinski definition) is 2. The summed E-state index contributed by atoms with van der Waals surface area (Å²) >= 11 is 0. The van der Waals surface area contributed by atoms with Crippen LogP contribution in [0.2, 0.25) is 0 Å². The van der Waals surface area contributed by atoms with E-state index >= 15 is 0 Å². The highest BCUT2D eigenvalue weighted by Crippen LogP contribution is 2.27. The number of rotatable bonds is 3. The van der Waals surface area contributed by atoms with Crippen LogP contribution in [0.3, 0.4) is 0 Å². The number of benzene rings is 1. The largest absolute Gasteiger partial charge is 0.481 e. The highest BCUT2D eigenvalue weighted by Gasteiger charge is 2.18. The van der Waals surface area contributed by atoms with E-state index in [1.54, 1.807) is 31.2 Å². The fourth-order valence-electron chi connectivity index (χ4n) is 1.73. The molecule has 1 aromatic carbocycles. The Hall–Kier alpha value is -2.30. The van der Waals surface area contributed by atoms with Crippen molar-refractivity contribution < 1.29 is 9.90 Å². The van der Waals surface area contributed by atoms with Crippen LogP contribution in [-0.4, -0.2) is 21.0 Å². The second-order valence-corrected chi connectivity index (χ2v) is 3.80. The molecule has 3 N–H and O–H groups in total. The third-order valence-electron chi connectivity index (χ3n) is 2.68. The summed E-state index contributed by atoms with van der Waals surface area (Å²) < 4.78 is 0. The lowest BCUT2D eigenvalue weighted by molar-refractivity contribution is -0.138. The van der Waals surface area contributed by atoms with Crippen molar-refractivity contribution in [3.05, 3.63) is 46.5 Å². The molecule has 1 unspecified atom stereocenters. The molecular weight excluding hydrogens is 220 g/mol. The van der Waals surface area contributed by atoms with E-state index in [1.165, 1.54) is 6.20 Å². The van der Waals surface area contributed by atoms with Gasteiger partial charge in [-0.15, -0.1) is 0 Å². The van der Waals surface area contributed by atoms with Gasteiger partial charge in [-0.3, -0.25) is 4.79 Å². The number of carboxylic acids is 1. The smallest absolute Gasteiger partial charge is 0.323 e. The van der Waals surface area contributed by atoms with Gasteiger partial charge in [-0.1, -0.05) is 24.3 Å². The first kappa shape index (κ1) is 11.2. The van der Waals surface area contributed by atoms with Gasteiger partial charge in [0.05, 0.1) is 11.6 Å². The molecule has 0 aliphatic carbocycles. The summed E-state index contributed by atoms with van der Waals surface area (Å²) in [6.45, 7) is 1.62. The molecule has 5 heteroatoms. The second kappa shape index (κ2) is 4.29. The molecule has 1 heterocycles. The molecule has 0 saturated heterocycles. The standard InChI is InChI=1S/C12H12N2O3/c1-7(11(15)16)8-4-2-3-5-9(8)10-6-13-12(17)14-10/h2-7H,1H3,(H,15,16)(H2,13,14,17). The van der Waals surface area contributed by atoms with Gasteiger partial charge >= 0.3 is 11.7 Å². The van der Waals surface area contributed by atoms with E-state index in [1.807, 2.05) is 0 Å². The predicted octanol–water partition coefficient (Wildman–Crippen LogP) is 1.56. The van der Waals surface area contributed by atoms with Crippen molar-refractivity contribution in [3.63, 3.8) is 0 Å². The normalized spacial score (nSPS) is 12.3. The van der Waals surface area contributed by atoms with Crippen LogP contribution in [0.5, 0.6) is 0 Å². The van der Waals surface area contributed by atoms with Gasteiger partial charge in [0, 0.05) is 11.8 Å². The maximum Gasteiger partial charge on any atom is 0.323 e. The SMILES string of the molecule is CC(C(=O)O)c1ccccc1-c1c[nH]c(=O)[nH]1. The molecule has 1 aromatic heterocycles. The van der Waals surface area contributed by atoms with E-state index in [4.69, 9.17) is 5.11 Å². The van der Waals surface area contributed by atoms with Crippen molar-refractivity contribution >= 4 is 5.97 Å². The van der Waals surface area contributed by atoms with Gasteiger partial charge in [0.15, 0.2) is 0 Å². The Morgan fingerprint density at radius 2 is 2.06 bits per heavy atom. The molecule has 1 atom stereocenters. The van der Waals surface area contributed by atoms with Crippen LogP contribution in [-0.2, 0) is 4.79 Å². The average molecular weight is 232 g/mol. The molecule has 17 heavy (non-hydrogen) atoms. The van der Waals surface area contributed by atoms with Crippen molar-refractivity contribution in [2.45, 2.75) is 12.8 Å². The third-order valence-corrected chi connectivity index (χ3v) is 2.68. The van der Waals surface area contributed by atoms with E-state index in [-0.39, 0.29) is 5.69 Å². The van der Waals surface area contributed by atoms with Crippen LogP contribution >= 0.6 is 0 Å². The van der Waals surface area contributed by atoms with Crippen molar-refractivity contribution in [2.24, 2.45) is 0 Å². The van der Waals surface area contributed by atoms with Crippen LogP contribution in [0.25, 0.3) is 11.3 Å². The van der Waals surface area contributed by atoms with E-state index in [9.17, 15) is 9.59 Å². The summed E-state index contributed by atoms with van der Waals surface area (Å²) in [7, 11) is 0. The van der Waals surface area contributed by atoms with E-state index in [0.717, 1.165) is 5.56 Å². The number of aliphatic carboxylic acids is 1. The Morgan fingerprint density at radius 3 is 2.65 bits per heavy atom. The van der Waals surface area contributed by atoms with Crippen molar-refractivity contribution in [3.8, 4) is 11.3 Å². The Bertz CT molecular complexity index is 598. The minimum absolute atomic E-state index is 0.308. The van der Waals surface area contributed by atoms with Crippen LogP contribution in [0.15, 0.2) is 35.3 Å². The zero-order valence-corrected chi connectivity index (χ0v) is 9.23. The van der Waals surface area contributed by atoms with E-state index in [2.05, 4.69) is 9.97 Å². The van der Waals surface area contributed by atoms with Gasteiger partial charge in [-0.05, 0) is 12.5 Å². The summed E-state index contributed by atoms with van der Waals surface area (Å²) in [5, 5.41) is 9.03. The molecule has 5 nitrogen and oxygen atoms in total. The monoisotopic (exact) mass is 232 g/mol. The molecule has 0 spiro atoms. The second-order valence-electron chi connectivity index (χ2n) is 3.80. The van der Waals surface area contributed by atoms with E-state index < -0.39 is 11.9 Å². The highest BCUT2D eigenvalue weighted by molar-refractivity contribution is 5.79. The van der Waals surface area contributed by atoms with Crippen molar-refractivity contribution in [1.82, 2.24) is 9.97 Å². The minimum atomic E-state index is -0.893. The summed E-state index contributed by atoms with van der Waals surface area (Å²) in [6.07, 6.45) is 1.54. The summed E-state index contributed by atoms with van der Waals surface area (Å²) in [5.41, 5.74) is 1.69. The van der Waals surface area contributed by atoms with Gasteiger partial charge in [-0.25, -0.2) is 4.79 Å². The molecule has 0 bridgehead atoms. The summed E-state index contributed by atoms with van der Waals surface area (Å²) in [6, 6.07) is 7.12. The van der Waals surface area contributed by atoms with Crippen LogP contribution in [0, 0.1) is 0 Å². The number of carboxylic acid groups (broad SMARTS) is 1. The van der Waals surface area contributed by atoms with Crippen LogP contribution in [0.4, 0.5) is 0 Å². The molecule has 0 fully saturated rings. The molecule has 0 amide bonds. The number of H-pyrrole nitrogens is 2. The van der Waals surface area contributed by atoms with Gasteiger partial charge in [0.2, 0.25) is 0 Å². The average Bonchev–Trinajstić information content (AvgIpc) is 2.74. The number of aromatic amines is 2. The zero-order valence-electron chi connectivity index (χ0n) is 9.23. The molecule has 88 valence electrons. The molecule has 0 aliphatic rings. The minimum Gasteiger partial charge on any atom is -0.481 e. The van der Waals surface area contributed by atoms with Gasteiger partial charge in [0.25, 0.3) is 0 Å². The lowest BCUT2D eigenvalue weighted by Crippen LogP contribution is -2.09. The highest BCUT2D eigenvalue weighted by atomic mass is 16.4. The predicted molar refractivity (Wildman–Crippen MR) is 62.9 cm³/mol. The quantitative estimate of drug-likeness (QED) is 0.750. The summed E-state index contributed by atoms with van der Waals surface area (Å²) in [5.74, 6) is -1.51. The Labute approximate surface area is 97.1 Å². The topological polar surface area (TPSA) is 85.9 Å². The van der Waals surface area contributed by atoms with Gasteiger partial charge in [0.1, 0.15) is 0 Å². The van der Waals surface area contributed by atoms with Crippen LogP contribution < -0.4 is 5.69 Å². The fraction of sp³-hybridized carbons (Fsp3) is 0.167. The Kier molecular flexibility index (Phi) is 2.82. The molecule has 2 rings (SSSR count). The first-order valence-electron chi connectivity index (χ1n) is 5.19. The third kappa shape index (κ3) is 2.13. The molecular formula is C12H12N2O3. The molecule has 0 aliphatic heterocycles. The lowest BCUT2D eigenvalue weighted by Gasteiger charge is -2.11. The number of carbonyl (C=O) groups is 1. The van der Waals surface area contributed by atoms with Crippen molar-refractivity contribution in [1.29, 1.82) is 0 Å². The van der Waals surface area contributed by atoms with Crippen molar-refractivity contribution in [2.75, 3.05) is 0 Å². The first-order chi connectivity index (χ1) is 8.09. The maximum absolute atomic E-state index is 11.1.